The first-order chi connectivity index (χ1) is 5.65. The zero-order valence-corrected chi connectivity index (χ0v) is 6.87. The second-order valence-electron chi connectivity index (χ2n) is 2.55. The molecule has 0 aliphatic carbocycles. The molecule has 0 spiro atoms. The van der Waals surface area contributed by atoms with Crippen LogP contribution in [0.3, 0.4) is 0 Å². The second-order valence-corrected chi connectivity index (χ2v) is 2.55. The number of phenols is 1. The van der Waals surface area contributed by atoms with Crippen molar-refractivity contribution in [3.63, 3.8) is 0 Å². The largest absolute Gasteiger partial charge is 0.507 e. The van der Waals surface area contributed by atoms with Gasteiger partial charge >= 0.3 is 0 Å². The molecule has 0 fully saturated rings. The summed E-state index contributed by atoms with van der Waals surface area (Å²) in [6.07, 6.45) is 0.372. The summed E-state index contributed by atoms with van der Waals surface area (Å²) in [7, 11) is 0. The van der Waals surface area contributed by atoms with E-state index in [2.05, 4.69) is 0 Å². The number of aromatic hydroxyl groups is 1. The Labute approximate surface area is 70.8 Å². The number of phenolic OH excluding ortho intramolecular Hbond substituents is 1. The van der Waals surface area contributed by atoms with Crippen molar-refractivity contribution in [3.8, 4) is 5.75 Å². The van der Waals surface area contributed by atoms with Gasteiger partial charge in [0.05, 0.1) is 5.56 Å². The highest BCUT2D eigenvalue weighted by atomic mass is 16.3. The maximum atomic E-state index is 11.2. The lowest BCUT2D eigenvalue weighted by atomic mass is 10.1. The maximum Gasteiger partial charge on any atom is 0.166 e. The molecule has 1 rings (SSSR count). The van der Waals surface area contributed by atoms with Crippen LogP contribution in [0, 0.1) is 0 Å². The molecule has 0 aliphatic heterocycles. The molecule has 0 saturated heterocycles. The average Bonchev–Trinajstić information content (AvgIpc) is 2.08. The summed E-state index contributed by atoms with van der Waals surface area (Å²) in [5.41, 5.74) is 6.25. The highest BCUT2D eigenvalue weighted by Crippen LogP contribution is 2.20. The predicted molar refractivity (Wildman–Crippen MR) is 47.1 cm³/mol. The highest BCUT2D eigenvalue weighted by molar-refractivity contribution is 5.99. The molecule has 0 bridgehead atoms. The Kier molecular flexibility index (Phi) is 2.33. The van der Waals surface area contributed by atoms with Crippen LogP contribution in [0.5, 0.6) is 5.75 Å². The van der Waals surface area contributed by atoms with E-state index in [1.54, 1.807) is 13.0 Å². The SMILES string of the molecule is CCC(=O)c1cc(N)ccc1O. The number of ketones is 1. The van der Waals surface area contributed by atoms with Gasteiger partial charge in [-0.05, 0) is 18.2 Å². The van der Waals surface area contributed by atoms with Crippen molar-refractivity contribution in [2.75, 3.05) is 5.73 Å². The first kappa shape index (κ1) is 8.59. The number of anilines is 1. The van der Waals surface area contributed by atoms with E-state index in [9.17, 15) is 9.90 Å². The molecule has 0 amide bonds. The van der Waals surface area contributed by atoms with Gasteiger partial charge in [-0.1, -0.05) is 6.92 Å². The van der Waals surface area contributed by atoms with Gasteiger partial charge in [-0.3, -0.25) is 4.79 Å². The van der Waals surface area contributed by atoms with Gasteiger partial charge in [0, 0.05) is 12.1 Å². The molecule has 3 heteroatoms. The number of nitrogen functional groups attached to an aromatic ring is 1. The minimum Gasteiger partial charge on any atom is -0.507 e. The third-order valence-electron chi connectivity index (χ3n) is 1.64. The first-order valence-electron chi connectivity index (χ1n) is 3.77. The van der Waals surface area contributed by atoms with E-state index in [1.807, 2.05) is 0 Å². The molecule has 1 aromatic carbocycles. The van der Waals surface area contributed by atoms with E-state index >= 15 is 0 Å². The predicted octanol–water partition coefficient (Wildman–Crippen LogP) is 1.57. The van der Waals surface area contributed by atoms with Crippen LogP contribution in [-0.2, 0) is 0 Å². The van der Waals surface area contributed by atoms with Crippen LogP contribution < -0.4 is 5.73 Å². The first-order valence-corrected chi connectivity index (χ1v) is 3.77. The Bertz CT molecular complexity index is 307. The van der Waals surface area contributed by atoms with Crippen molar-refractivity contribution in [1.29, 1.82) is 0 Å². The lowest BCUT2D eigenvalue weighted by Gasteiger charge is -2.02. The number of rotatable bonds is 2. The van der Waals surface area contributed by atoms with Gasteiger partial charge in [-0.25, -0.2) is 0 Å². The summed E-state index contributed by atoms with van der Waals surface area (Å²) in [5.74, 6) is -0.101. The molecule has 0 aromatic heterocycles. The summed E-state index contributed by atoms with van der Waals surface area (Å²) in [6, 6.07) is 4.47. The number of benzene rings is 1. The Morgan fingerprint density at radius 2 is 2.25 bits per heavy atom. The summed E-state index contributed by atoms with van der Waals surface area (Å²) in [6.45, 7) is 1.74. The fourth-order valence-corrected chi connectivity index (χ4v) is 0.967. The third kappa shape index (κ3) is 1.56. The van der Waals surface area contributed by atoms with Crippen molar-refractivity contribution >= 4 is 11.5 Å². The van der Waals surface area contributed by atoms with Gasteiger partial charge in [0.15, 0.2) is 5.78 Å². The lowest BCUT2D eigenvalue weighted by molar-refractivity contribution is 0.0985. The summed E-state index contributed by atoms with van der Waals surface area (Å²) < 4.78 is 0. The molecule has 3 nitrogen and oxygen atoms in total. The minimum absolute atomic E-state index is 0.00366. The Morgan fingerprint density at radius 3 is 2.83 bits per heavy atom. The van der Waals surface area contributed by atoms with Gasteiger partial charge in [-0.15, -0.1) is 0 Å². The van der Waals surface area contributed by atoms with Gasteiger partial charge in [-0.2, -0.15) is 0 Å². The fourth-order valence-electron chi connectivity index (χ4n) is 0.967. The molecular formula is C9H11NO2. The van der Waals surface area contributed by atoms with Crippen LogP contribution in [0.4, 0.5) is 5.69 Å². The normalized spacial score (nSPS) is 9.75. The highest BCUT2D eigenvalue weighted by Gasteiger charge is 2.08. The third-order valence-corrected chi connectivity index (χ3v) is 1.64. The van der Waals surface area contributed by atoms with Crippen molar-refractivity contribution in [3.05, 3.63) is 23.8 Å². The number of nitrogens with two attached hydrogens (primary N) is 1. The minimum atomic E-state index is -0.0974. The quantitative estimate of drug-likeness (QED) is 0.397. The molecule has 0 aliphatic rings. The van der Waals surface area contributed by atoms with E-state index in [1.165, 1.54) is 12.1 Å². The topological polar surface area (TPSA) is 63.3 Å². The van der Waals surface area contributed by atoms with Gasteiger partial charge in [0.2, 0.25) is 0 Å². The van der Waals surface area contributed by atoms with Crippen LogP contribution in [0.2, 0.25) is 0 Å². The van der Waals surface area contributed by atoms with Crippen molar-refractivity contribution in [2.24, 2.45) is 0 Å². The molecule has 0 saturated carbocycles. The molecule has 0 heterocycles. The Morgan fingerprint density at radius 1 is 1.58 bits per heavy atom. The van der Waals surface area contributed by atoms with Gasteiger partial charge < -0.3 is 10.8 Å². The fraction of sp³-hybridized carbons (Fsp3) is 0.222. The van der Waals surface area contributed by atoms with E-state index in [0.717, 1.165) is 0 Å². The van der Waals surface area contributed by atoms with Crippen molar-refractivity contribution in [2.45, 2.75) is 13.3 Å². The van der Waals surface area contributed by atoms with Crippen molar-refractivity contribution in [1.82, 2.24) is 0 Å². The molecule has 0 radical (unpaired) electrons. The second kappa shape index (κ2) is 3.26. The van der Waals surface area contributed by atoms with Gasteiger partial charge in [0.1, 0.15) is 5.75 Å². The zero-order valence-electron chi connectivity index (χ0n) is 6.87. The van der Waals surface area contributed by atoms with E-state index < -0.39 is 0 Å². The van der Waals surface area contributed by atoms with Crippen LogP contribution in [0.25, 0.3) is 0 Å². The monoisotopic (exact) mass is 165 g/mol. The zero-order chi connectivity index (χ0) is 9.14. The molecule has 1 aromatic rings. The summed E-state index contributed by atoms with van der Waals surface area (Å²) in [4.78, 5) is 11.2. The molecule has 0 unspecified atom stereocenters. The van der Waals surface area contributed by atoms with E-state index in [4.69, 9.17) is 5.73 Å². The number of carbonyl (C=O) groups is 1. The Hall–Kier alpha value is -1.51. The number of hydrogen-bond acceptors (Lipinski definition) is 3. The number of Topliss-reactive ketones (excluding diaryl/α,β-unsaturated/α-hetero) is 1. The average molecular weight is 165 g/mol. The van der Waals surface area contributed by atoms with Crippen LogP contribution in [0.15, 0.2) is 18.2 Å². The van der Waals surface area contributed by atoms with Gasteiger partial charge in [0.25, 0.3) is 0 Å². The summed E-state index contributed by atoms with van der Waals surface area (Å²) >= 11 is 0. The molecule has 12 heavy (non-hydrogen) atoms. The lowest BCUT2D eigenvalue weighted by Crippen LogP contribution is -1.98. The maximum absolute atomic E-state index is 11.2. The van der Waals surface area contributed by atoms with Crippen LogP contribution >= 0.6 is 0 Å². The molecule has 3 N–H and O–H groups in total. The molecule has 64 valence electrons. The Balaban J connectivity index is 3.13. The van der Waals surface area contributed by atoms with Crippen LogP contribution in [0.1, 0.15) is 23.7 Å². The summed E-state index contributed by atoms with van der Waals surface area (Å²) in [5, 5.41) is 9.26. The van der Waals surface area contributed by atoms with E-state index in [0.29, 0.717) is 17.7 Å². The van der Waals surface area contributed by atoms with Crippen molar-refractivity contribution < 1.29 is 9.90 Å². The standard InChI is InChI=1S/C9H11NO2/c1-2-8(11)7-5-6(10)3-4-9(7)12/h3-5,12H,2,10H2,1H3. The number of hydrogen-bond donors (Lipinski definition) is 2. The van der Waals surface area contributed by atoms with Crippen LogP contribution in [-0.4, -0.2) is 10.9 Å². The van der Waals surface area contributed by atoms with E-state index in [-0.39, 0.29) is 11.5 Å². The smallest absolute Gasteiger partial charge is 0.166 e. The molecule has 0 atom stereocenters. The molecular weight excluding hydrogens is 154 g/mol. The number of carbonyl (C=O) groups excluding carboxylic acids is 1.